The molecule has 1 amide bonds. The van der Waals surface area contributed by atoms with Gasteiger partial charge in [-0.15, -0.1) is 0 Å². The molecule has 1 aromatic carbocycles. The molecule has 0 saturated heterocycles. The van der Waals surface area contributed by atoms with E-state index < -0.39 is 38.0 Å². The molecule has 1 saturated carbocycles. The van der Waals surface area contributed by atoms with Gasteiger partial charge in [0.15, 0.2) is 11.6 Å². The quantitative estimate of drug-likeness (QED) is 0.863. The van der Waals surface area contributed by atoms with Crippen LogP contribution in [0.5, 0.6) is 0 Å². The van der Waals surface area contributed by atoms with E-state index in [-0.39, 0.29) is 0 Å². The molecule has 1 aliphatic rings. The van der Waals surface area contributed by atoms with E-state index in [2.05, 4.69) is 5.32 Å². The lowest BCUT2D eigenvalue weighted by Gasteiger charge is -2.25. The summed E-state index contributed by atoms with van der Waals surface area (Å²) in [6, 6.07) is 1.20. The zero-order valence-electron chi connectivity index (χ0n) is 11.2. The van der Waals surface area contributed by atoms with Crippen molar-refractivity contribution in [1.82, 2.24) is 5.32 Å². The van der Waals surface area contributed by atoms with E-state index in [0.717, 1.165) is 25.3 Å². The van der Waals surface area contributed by atoms with Crippen LogP contribution >= 0.6 is 0 Å². The highest BCUT2D eigenvalue weighted by Gasteiger charge is 2.22. The van der Waals surface area contributed by atoms with Crippen LogP contribution in [0.4, 0.5) is 8.78 Å². The Balaban J connectivity index is 2.13. The van der Waals surface area contributed by atoms with Crippen LogP contribution in [-0.2, 0) is 10.0 Å². The third-order valence-corrected chi connectivity index (χ3v) is 4.53. The van der Waals surface area contributed by atoms with Crippen molar-refractivity contribution < 1.29 is 22.0 Å². The van der Waals surface area contributed by atoms with Crippen molar-refractivity contribution in [1.29, 1.82) is 0 Å². The molecule has 0 spiro atoms. The van der Waals surface area contributed by atoms with Gasteiger partial charge in [0.1, 0.15) is 0 Å². The van der Waals surface area contributed by atoms with Gasteiger partial charge in [0, 0.05) is 6.54 Å². The molecule has 0 atom stereocenters. The predicted octanol–water partition coefficient (Wildman–Crippen LogP) is 1.53. The van der Waals surface area contributed by atoms with Crippen LogP contribution < -0.4 is 10.5 Å². The minimum atomic E-state index is -4.21. The predicted molar refractivity (Wildman–Crippen MR) is 72.0 cm³/mol. The normalized spacial score (nSPS) is 15.6. The van der Waals surface area contributed by atoms with Gasteiger partial charge in [-0.3, -0.25) is 4.79 Å². The number of carbonyl (C=O) groups excluding carboxylic acids is 1. The largest absolute Gasteiger partial charge is 0.352 e. The number of amides is 1. The van der Waals surface area contributed by atoms with Crippen molar-refractivity contribution in [3.05, 3.63) is 29.3 Å². The highest BCUT2D eigenvalue weighted by molar-refractivity contribution is 7.89. The van der Waals surface area contributed by atoms with E-state index >= 15 is 0 Å². The zero-order chi connectivity index (χ0) is 15.6. The van der Waals surface area contributed by atoms with Crippen molar-refractivity contribution >= 4 is 15.9 Å². The molecule has 1 aliphatic carbocycles. The first-order chi connectivity index (χ1) is 9.79. The van der Waals surface area contributed by atoms with Gasteiger partial charge in [-0.05, 0) is 24.5 Å². The summed E-state index contributed by atoms with van der Waals surface area (Å²) in [6.07, 6.45) is 4.17. The standard InChI is InChI=1S/C13H16F2N2O3S/c14-11-7-9(21(16,19)20)6-10(12(11)15)13(18)17-5-4-8-2-1-3-8/h6-8H,1-5H2,(H,17,18)(H2,16,19,20). The molecule has 5 nitrogen and oxygen atoms in total. The summed E-state index contributed by atoms with van der Waals surface area (Å²) < 4.78 is 49.3. The molecule has 8 heteroatoms. The number of nitrogens with two attached hydrogens (primary N) is 1. The van der Waals surface area contributed by atoms with Crippen LogP contribution in [-0.4, -0.2) is 20.9 Å². The topological polar surface area (TPSA) is 89.3 Å². The van der Waals surface area contributed by atoms with E-state index in [1.807, 2.05) is 0 Å². The number of benzene rings is 1. The molecule has 0 bridgehead atoms. The van der Waals surface area contributed by atoms with E-state index in [1.165, 1.54) is 6.42 Å². The van der Waals surface area contributed by atoms with E-state index in [0.29, 0.717) is 18.5 Å². The van der Waals surface area contributed by atoms with Crippen molar-refractivity contribution in [2.75, 3.05) is 6.54 Å². The van der Waals surface area contributed by atoms with Gasteiger partial charge >= 0.3 is 0 Å². The molecule has 0 aromatic heterocycles. The Hall–Kier alpha value is -1.54. The molecule has 3 N–H and O–H groups in total. The maximum absolute atomic E-state index is 13.6. The van der Waals surface area contributed by atoms with Crippen molar-refractivity contribution in [3.63, 3.8) is 0 Å². The molecule has 21 heavy (non-hydrogen) atoms. The number of sulfonamides is 1. The number of primary sulfonamides is 1. The Labute approximate surface area is 121 Å². The van der Waals surface area contributed by atoms with Crippen LogP contribution in [0.2, 0.25) is 0 Å². The van der Waals surface area contributed by atoms with Gasteiger partial charge < -0.3 is 5.32 Å². The Kier molecular flexibility index (Phi) is 4.58. The monoisotopic (exact) mass is 318 g/mol. The maximum Gasteiger partial charge on any atom is 0.254 e. The van der Waals surface area contributed by atoms with Crippen LogP contribution in [0.3, 0.4) is 0 Å². The zero-order valence-corrected chi connectivity index (χ0v) is 12.1. The molecular formula is C13H16F2N2O3S. The second-order valence-electron chi connectivity index (χ2n) is 5.15. The highest BCUT2D eigenvalue weighted by Crippen LogP contribution is 2.28. The summed E-state index contributed by atoms with van der Waals surface area (Å²) in [6.45, 7) is 0.337. The van der Waals surface area contributed by atoms with Gasteiger partial charge in [0.25, 0.3) is 5.91 Å². The SMILES string of the molecule is NS(=O)(=O)c1cc(F)c(F)c(C(=O)NCCC2CCC2)c1. The number of carbonyl (C=O) groups is 1. The van der Waals surface area contributed by atoms with Gasteiger partial charge in [-0.25, -0.2) is 22.3 Å². The summed E-state index contributed by atoms with van der Waals surface area (Å²) >= 11 is 0. The molecule has 0 unspecified atom stereocenters. The number of halogens is 2. The van der Waals surface area contributed by atoms with Crippen LogP contribution in [0, 0.1) is 17.6 Å². The molecule has 2 rings (SSSR count). The van der Waals surface area contributed by atoms with Crippen LogP contribution in [0.25, 0.3) is 0 Å². The third kappa shape index (κ3) is 3.76. The number of rotatable bonds is 5. The van der Waals surface area contributed by atoms with Crippen molar-refractivity contribution in [2.45, 2.75) is 30.6 Å². The fraction of sp³-hybridized carbons (Fsp3) is 0.462. The van der Waals surface area contributed by atoms with Crippen molar-refractivity contribution in [3.8, 4) is 0 Å². The summed E-state index contributed by atoms with van der Waals surface area (Å²) in [5, 5.41) is 7.33. The summed E-state index contributed by atoms with van der Waals surface area (Å²) in [5.41, 5.74) is -0.660. The lowest BCUT2D eigenvalue weighted by Crippen LogP contribution is -2.28. The van der Waals surface area contributed by atoms with Crippen molar-refractivity contribution in [2.24, 2.45) is 11.1 Å². The minimum Gasteiger partial charge on any atom is -0.352 e. The molecule has 0 aliphatic heterocycles. The molecule has 116 valence electrons. The highest BCUT2D eigenvalue weighted by atomic mass is 32.2. The maximum atomic E-state index is 13.6. The Bertz CT molecular complexity index is 658. The Morgan fingerprint density at radius 1 is 1.33 bits per heavy atom. The first-order valence-electron chi connectivity index (χ1n) is 6.59. The minimum absolute atomic E-state index is 0.337. The first-order valence-corrected chi connectivity index (χ1v) is 8.13. The summed E-state index contributed by atoms with van der Waals surface area (Å²) in [5.74, 6) is -3.10. The Morgan fingerprint density at radius 2 is 2.00 bits per heavy atom. The number of hydrogen-bond acceptors (Lipinski definition) is 3. The second kappa shape index (κ2) is 6.07. The van der Waals surface area contributed by atoms with E-state index in [9.17, 15) is 22.0 Å². The average molecular weight is 318 g/mol. The van der Waals surface area contributed by atoms with E-state index in [1.54, 1.807) is 0 Å². The van der Waals surface area contributed by atoms with Gasteiger partial charge in [-0.1, -0.05) is 19.3 Å². The number of nitrogens with one attached hydrogen (secondary N) is 1. The molecule has 0 radical (unpaired) electrons. The van der Waals surface area contributed by atoms with E-state index in [4.69, 9.17) is 5.14 Å². The average Bonchev–Trinajstić information content (AvgIpc) is 2.33. The fourth-order valence-electron chi connectivity index (χ4n) is 2.16. The number of hydrogen-bond donors (Lipinski definition) is 2. The molecule has 1 aromatic rings. The second-order valence-corrected chi connectivity index (χ2v) is 6.71. The fourth-order valence-corrected chi connectivity index (χ4v) is 2.71. The van der Waals surface area contributed by atoms with Crippen LogP contribution in [0.15, 0.2) is 17.0 Å². The third-order valence-electron chi connectivity index (χ3n) is 3.64. The van der Waals surface area contributed by atoms with Gasteiger partial charge in [-0.2, -0.15) is 0 Å². The summed E-state index contributed by atoms with van der Waals surface area (Å²) in [7, 11) is -4.21. The molecule has 0 heterocycles. The van der Waals surface area contributed by atoms with Gasteiger partial charge in [0.05, 0.1) is 10.5 Å². The summed E-state index contributed by atoms with van der Waals surface area (Å²) in [4.78, 5) is 11.2. The first kappa shape index (κ1) is 15.8. The molecular weight excluding hydrogens is 302 g/mol. The van der Waals surface area contributed by atoms with Gasteiger partial charge in [0.2, 0.25) is 10.0 Å². The lowest BCUT2D eigenvalue weighted by molar-refractivity contribution is 0.0943. The lowest BCUT2D eigenvalue weighted by atomic mass is 9.83. The molecule has 1 fully saturated rings. The Morgan fingerprint density at radius 3 is 2.52 bits per heavy atom. The van der Waals surface area contributed by atoms with Crippen LogP contribution in [0.1, 0.15) is 36.0 Å². The smallest absolute Gasteiger partial charge is 0.254 e.